The average molecular weight is 413 g/mol. The highest BCUT2D eigenvalue weighted by Gasteiger charge is 2.65. The van der Waals surface area contributed by atoms with Crippen molar-refractivity contribution in [1.29, 1.82) is 0 Å². The summed E-state index contributed by atoms with van der Waals surface area (Å²) in [4.78, 5) is 23.1. The smallest absolute Gasteiger partial charge is 0.335 e. The van der Waals surface area contributed by atoms with Crippen LogP contribution in [0.25, 0.3) is 0 Å². The van der Waals surface area contributed by atoms with Crippen molar-refractivity contribution in [1.82, 2.24) is 0 Å². The van der Waals surface area contributed by atoms with E-state index in [1.54, 1.807) is 7.11 Å². The maximum atomic E-state index is 11.8. The minimum atomic E-state index is -1.03. The molecule has 166 valence electrons. The molecule has 3 aliphatic rings. The Morgan fingerprint density at radius 3 is 2.48 bits per heavy atom. The van der Waals surface area contributed by atoms with E-state index in [1.807, 2.05) is 0 Å². The van der Waals surface area contributed by atoms with Gasteiger partial charge in [0.25, 0.3) is 0 Å². The molecule has 3 fully saturated rings. The van der Waals surface area contributed by atoms with Gasteiger partial charge in [0, 0.05) is 12.3 Å². The van der Waals surface area contributed by atoms with Gasteiger partial charge < -0.3 is 19.3 Å². The first-order valence-corrected chi connectivity index (χ1v) is 10.7. The lowest BCUT2D eigenvalue weighted by Crippen LogP contribution is -2.67. The number of aliphatic hydroxyl groups excluding tert-OH is 1. The van der Waals surface area contributed by atoms with Gasteiger partial charge in [0.15, 0.2) is 11.9 Å². The quantitative estimate of drug-likeness (QED) is 0.311. The minimum absolute atomic E-state index is 0.0403. The average Bonchev–Trinajstić information content (AvgIpc) is 2.83. The van der Waals surface area contributed by atoms with Gasteiger partial charge in [-0.25, -0.2) is 14.6 Å². The van der Waals surface area contributed by atoms with Gasteiger partial charge in [-0.15, -0.1) is 0 Å². The molecular formula is C22H36O7. The van der Waals surface area contributed by atoms with Crippen LogP contribution < -0.4 is 0 Å². The number of carbonyl (C=O) groups excluding carboxylic acids is 1. The Labute approximate surface area is 173 Å². The number of esters is 1. The molecule has 0 aromatic rings. The third kappa shape index (κ3) is 4.00. The molecule has 0 aromatic carbocycles. The third-order valence-corrected chi connectivity index (χ3v) is 7.44. The molecule has 0 unspecified atom stereocenters. The number of ether oxygens (including phenoxy) is 3. The number of methoxy groups -OCH3 is 1. The van der Waals surface area contributed by atoms with Crippen LogP contribution in [0.2, 0.25) is 0 Å². The van der Waals surface area contributed by atoms with Crippen molar-refractivity contribution >= 4 is 5.97 Å². The molecule has 7 nitrogen and oxygen atoms in total. The second kappa shape index (κ2) is 9.02. The fourth-order valence-corrected chi connectivity index (χ4v) is 5.81. The molecular weight excluding hydrogens is 376 g/mol. The molecule has 0 aromatic heterocycles. The Kier molecular flexibility index (Phi) is 7.06. The number of carbonyl (C=O) groups is 1. The fourth-order valence-electron chi connectivity index (χ4n) is 5.81. The van der Waals surface area contributed by atoms with Crippen molar-refractivity contribution in [2.45, 2.75) is 83.1 Å². The lowest BCUT2D eigenvalue weighted by atomic mass is 9.57. The van der Waals surface area contributed by atoms with Crippen LogP contribution >= 0.6 is 0 Å². The number of hydrogen-bond acceptors (Lipinski definition) is 7. The zero-order valence-corrected chi connectivity index (χ0v) is 18.3. The van der Waals surface area contributed by atoms with Crippen LogP contribution in [-0.2, 0) is 28.8 Å². The number of aliphatic hydroxyl groups is 1. The molecule has 0 radical (unpaired) electrons. The highest BCUT2D eigenvalue weighted by molar-refractivity contribution is 5.88. The fraction of sp³-hybridized carbons (Fsp3) is 0.864. The predicted octanol–water partition coefficient (Wildman–Crippen LogP) is 3.01. The minimum Gasteiger partial charge on any atom is -0.466 e. The van der Waals surface area contributed by atoms with E-state index in [2.05, 4.69) is 27.4 Å². The van der Waals surface area contributed by atoms with E-state index in [9.17, 15) is 9.90 Å². The largest absolute Gasteiger partial charge is 0.466 e. The van der Waals surface area contributed by atoms with E-state index in [0.717, 1.165) is 25.7 Å². The lowest BCUT2D eigenvalue weighted by molar-refractivity contribution is -0.453. The molecule has 2 saturated heterocycles. The highest BCUT2D eigenvalue weighted by Crippen LogP contribution is 2.57. The summed E-state index contributed by atoms with van der Waals surface area (Å²) in [5.41, 5.74) is -0.629. The van der Waals surface area contributed by atoms with E-state index in [-0.39, 0.29) is 42.0 Å². The van der Waals surface area contributed by atoms with Crippen LogP contribution in [-0.4, -0.2) is 55.5 Å². The molecule has 2 aliphatic heterocycles. The Morgan fingerprint density at radius 2 is 1.83 bits per heavy atom. The summed E-state index contributed by atoms with van der Waals surface area (Å²) in [6.07, 6.45) is 2.41. The molecule has 0 bridgehead atoms. The summed E-state index contributed by atoms with van der Waals surface area (Å²) in [5, 5.41) is 10.6. The van der Waals surface area contributed by atoms with Crippen LogP contribution in [0.15, 0.2) is 12.2 Å². The van der Waals surface area contributed by atoms with E-state index < -0.39 is 24.0 Å². The zero-order valence-electron chi connectivity index (χ0n) is 18.3. The third-order valence-electron chi connectivity index (χ3n) is 7.44. The second-order valence-electron chi connectivity index (χ2n) is 9.03. The van der Waals surface area contributed by atoms with Crippen molar-refractivity contribution in [3.8, 4) is 0 Å². The summed E-state index contributed by atoms with van der Waals surface area (Å²) >= 11 is 0. The summed E-state index contributed by atoms with van der Waals surface area (Å²) in [5.74, 6) is 0.401. The van der Waals surface area contributed by atoms with Crippen molar-refractivity contribution in [2.24, 2.45) is 23.7 Å². The van der Waals surface area contributed by atoms with Crippen LogP contribution in [0.5, 0.6) is 0 Å². The molecule has 3 rings (SSSR count). The van der Waals surface area contributed by atoms with E-state index in [0.29, 0.717) is 5.92 Å². The Bertz CT molecular complexity index is 608. The first-order chi connectivity index (χ1) is 13.8. The van der Waals surface area contributed by atoms with Gasteiger partial charge in [0.2, 0.25) is 0 Å². The van der Waals surface area contributed by atoms with Crippen LogP contribution in [0.1, 0.15) is 52.9 Å². The number of hydrogen-bond donors (Lipinski definition) is 1. The van der Waals surface area contributed by atoms with Crippen molar-refractivity contribution in [3.63, 3.8) is 0 Å². The normalized spacial score (nSPS) is 43.0. The van der Waals surface area contributed by atoms with Gasteiger partial charge in [-0.2, -0.15) is 0 Å². The predicted molar refractivity (Wildman–Crippen MR) is 106 cm³/mol. The zero-order chi connectivity index (χ0) is 21.3. The number of rotatable bonds is 6. The summed E-state index contributed by atoms with van der Waals surface area (Å²) < 4.78 is 17.5. The van der Waals surface area contributed by atoms with Gasteiger partial charge in [-0.3, -0.25) is 0 Å². The molecule has 7 heteroatoms. The molecule has 1 saturated carbocycles. The molecule has 2 heterocycles. The standard InChI is InChI=1S/C22H36O7/c1-12-7-9-17-14(3)19(11-18(23)15(4)20(24)25-5)28-21-22(17,29-26-6)16(12)10-8-13(2)27-21/h12-14,16-19,21,23H,4,7-11H2,1-3,5-6H3/t12-,13+,14-,16+,17+,18-,19-,21+,22-/m1/s1. The Hall–Kier alpha value is -0.990. The molecule has 1 aliphatic carbocycles. The lowest BCUT2D eigenvalue weighted by Gasteiger charge is -2.58. The van der Waals surface area contributed by atoms with E-state index >= 15 is 0 Å². The van der Waals surface area contributed by atoms with Gasteiger partial charge in [-0.05, 0) is 50.4 Å². The van der Waals surface area contributed by atoms with Crippen molar-refractivity contribution in [2.75, 3.05) is 14.2 Å². The van der Waals surface area contributed by atoms with Crippen LogP contribution in [0.4, 0.5) is 0 Å². The van der Waals surface area contributed by atoms with Gasteiger partial charge in [0.05, 0.1) is 38.1 Å². The molecule has 29 heavy (non-hydrogen) atoms. The van der Waals surface area contributed by atoms with Gasteiger partial charge in [0.1, 0.15) is 0 Å². The van der Waals surface area contributed by atoms with E-state index in [1.165, 1.54) is 7.11 Å². The van der Waals surface area contributed by atoms with Gasteiger partial charge >= 0.3 is 5.97 Å². The topological polar surface area (TPSA) is 83.5 Å². The maximum Gasteiger partial charge on any atom is 0.335 e. The summed E-state index contributed by atoms with van der Waals surface area (Å²) in [6.45, 7) is 10.1. The molecule has 9 atom stereocenters. The second-order valence-corrected chi connectivity index (χ2v) is 9.03. The van der Waals surface area contributed by atoms with E-state index in [4.69, 9.17) is 24.0 Å². The van der Waals surface area contributed by atoms with Crippen LogP contribution in [0.3, 0.4) is 0 Å². The SMILES string of the molecule is C=C(C(=O)OC)[C@H](O)C[C@H]1O[C@@H]2O[C@@H](C)CC[C@H]3[C@H](C)CC[C@@H]([C@H]1C)[C@@]23OOC. The van der Waals surface area contributed by atoms with Crippen molar-refractivity contribution in [3.05, 3.63) is 12.2 Å². The summed E-state index contributed by atoms with van der Waals surface area (Å²) in [7, 11) is 2.82. The maximum absolute atomic E-state index is 11.8. The summed E-state index contributed by atoms with van der Waals surface area (Å²) in [6, 6.07) is 0. The van der Waals surface area contributed by atoms with Gasteiger partial charge in [-0.1, -0.05) is 20.4 Å². The van der Waals surface area contributed by atoms with Crippen LogP contribution in [0, 0.1) is 23.7 Å². The molecule has 0 amide bonds. The first kappa shape index (κ1) is 22.7. The highest BCUT2D eigenvalue weighted by atomic mass is 17.2. The Morgan fingerprint density at radius 1 is 1.14 bits per heavy atom. The molecule has 1 N–H and O–H groups in total. The van der Waals surface area contributed by atoms with Crippen molar-refractivity contribution < 1.29 is 33.9 Å². The Balaban J connectivity index is 1.90. The monoisotopic (exact) mass is 412 g/mol. The molecule has 0 spiro atoms. The first-order valence-electron chi connectivity index (χ1n) is 10.7.